The molecule has 1 heterocycles. The molecule has 0 unspecified atom stereocenters. The maximum Gasteiger partial charge on any atom is 0.417 e. The molecule has 94 valence electrons. The van der Waals surface area contributed by atoms with Gasteiger partial charge in [0.2, 0.25) is 0 Å². The van der Waals surface area contributed by atoms with Crippen molar-refractivity contribution in [3.63, 3.8) is 0 Å². The Hall–Kier alpha value is -2.33. The molecule has 0 amide bonds. The Balaban J connectivity index is 2.08. The molecule has 0 aliphatic carbocycles. The predicted molar refractivity (Wildman–Crippen MR) is 71.7 cm³/mol. The molecular weight excluding hydrogens is 266 g/mol. The van der Waals surface area contributed by atoms with E-state index in [-0.39, 0.29) is 5.78 Å². The number of ketones is 1. The number of aromatic nitrogens is 1. The molecule has 3 aromatic rings. The van der Waals surface area contributed by atoms with Crippen molar-refractivity contribution in [1.82, 2.24) is 4.98 Å². The standard InChI is InChI=1S/C14H8ClNO3/c15-10-3-1-2-8(6-10)13(17)9-4-5-11-12(7-9)19-14(18)16-11/h1-7H,(H,16,18). The Morgan fingerprint density at radius 2 is 1.89 bits per heavy atom. The lowest BCUT2D eigenvalue weighted by Gasteiger charge is -2.01. The number of fused-ring (bicyclic) bond motifs is 1. The SMILES string of the molecule is O=C(c1cccc(Cl)c1)c1ccc2[nH]c(=O)oc2c1. The van der Waals surface area contributed by atoms with Crippen LogP contribution < -0.4 is 5.76 Å². The number of hydrogen-bond donors (Lipinski definition) is 1. The molecule has 4 nitrogen and oxygen atoms in total. The van der Waals surface area contributed by atoms with Gasteiger partial charge in [-0.1, -0.05) is 23.7 Å². The number of carbonyl (C=O) groups excluding carboxylic acids is 1. The van der Waals surface area contributed by atoms with Gasteiger partial charge in [-0.25, -0.2) is 4.79 Å². The first-order valence-electron chi connectivity index (χ1n) is 5.56. The number of H-pyrrole nitrogens is 1. The van der Waals surface area contributed by atoms with Gasteiger partial charge in [0.15, 0.2) is 11.4 Å². The third-order valence-electron chi connectivity index (χ3n) is 2.77. The van der Waals surface area contributed by atoms with Gasteiger partial charge in [-0.3, -0.25) is 9.78 Å². The minimum atomic E-state index is -0.539. The third-order valence-corrected chi connectivity index (χ3v) is 3.01. The molecule has 19 heavy (non-hydrogen) atoms. The second-order valence-corrected chi connectivity index (χ2v) is 4.50. The van der Waals surface area contributed by atoms with E-state index in [4.69, 9.17) is 16.0 Å². The van der Waals surface area contributed by atoms with Crippen molar-refractivity contribution in [3.8, 4) is 0 Å². The van der Waals surface area contributed by atoms with Gasteiger partial charge >= 0.3 is 5.76 Å². The van der Waals surface area contributed by atoms with Crippen LogP contribution in [0.15, 0.2) is 51.7 Å². The summed E-state index contributed by atoms with van der Waals surface area (Å²) in [6, 6.07) is 11.5. The van der Waals surface area contributed by atoms with E-state index < -0.39 is 5.76 Å². The number of hydrogen-bond acceptors (Lipinski definition) is 3. The zero-order valence-electron chi connectivity index (χ0n) is 9.64. The Labute approximate surface area is 112 Å². The highest BCUT2D eigenvalue weighted by Crippen LogP contribution is 2.18. The summed E-state index contributed by atoms with van der Waals surface area (Å²) in [5, 5.41) is 0.500. The second kappa shape index (κ2) is 4.40. The normalized spacial score (nSPS) is 10.8. The van der Waals surface area contributed by atoms with E-state index in [9.17, 15) is 9.59 Å². The summed E-state index contributed by atoms with van der Waals surface area (Å²) >= 11 is 5.86. The number of oxazole rings is 1. The average molecular weight is 274 g/mol. The van der Waals surface area contributed by atoms with Crippen molar-refractivity contribution in [2.75, 3.05) is 0 Å². The van der Waals surface area contributed by atoms with Crippen molar-refractivity contribution in [2.24, 2.45) is 0 Å². The van der Waals surface area contributed by atoms with Crippen molar-refractivity contribution in [2.45, 2.75) is 0 Å². The summed E-state index contributed by atoms with van der Waals surface area (Å²) in [5.74, 6) is -0.712. The molecule has 0 atom stereocenters. The Morgan fingerprint density at radius 3 is 2.68 bits per heavy atom. The molecule has 0 spiro atoms. The highest BCUT2D eigenvalue weighted by Gasteiger charge is 2.11. The number of aromatic amines is 1. The fourth-order valence-electron chi connectivity index (χ4n) is 1.88. The third kappa shape index (κ3) is 2.18. The van der Waals surface area contributed by atoms with E-state index in [0.717, 1.165) is 0 Å². The second-order valence-electron chi connectivity index (χ2n) is 4.06. The van der Waals surface area contributed by atoms with Crippen LogP contribution in [0.25, 0.3) is 11.1 Å². The van der Waals surface area contributed by atoms with Crippen molar-refractivity contribution < 1.29 is 9.21 Å². The highest BCUT2D eigenvalue weighted by molar-refractivity contribution is 6.31. The zero-order valence-corrected chi connectivity index (χ0v) is 10.4. The number of benzene rings is 2. The van der Waals surface area contributed by atoms with Gasteiger partial charge in [0.1, 0.15) is 0 Å². The summed E-state index contributed by atoms with van der Waals surface area (Å²) in [5.41, 5.74) is 1.85. The van der Waals surface area contributed by atoms with Gasteiger partial charge in [0.05, 0.1) is 5.52 Å². The van der Waals surface area contributed by atoms with Crippen LogP contribution in [-0.4, -0.2) is 10.8 Å². The quantitative estimate of drug-likeness (QED) is 0.730. The number of rotatable bonds is 2. The lowest BCUT2D eigenvalue weighted by Crippen LogP contribution is -2.00. The van der Waals surface area contributed by atoms with Crippen LogP contribution >= 0.6 is 11.6 Å². The fourth-order valence-corrected chi connectivity index (χ4v) is 2.07. The van der Waals surface area contributed by atoms with Crippen LogP contribution in [0.4, 0.5) is 0 Å². The van der Waals surface area contributed by atoms with Crippen molar-refractivity contribution in [3.05, 3.63) is 69.2 Å². The van der Waals surface area contributed by atoms with E-state index in [2.05, 4.69) is 4.98 Å². The van der Waals surface area contributed by atoms with Crippen molar-refractivity contribution in [1.29, 1.82) is 0 Å². The van der Waals surface area contributed by atoms with Gasteiger partial charge in [-0.05, 0) is 30.3 Å². The molecule has 0 radical (unpaired) electrons. The molecular formula is C14H8ClNO3. The van der Waals surface area contributed by atoms with E-state index in [1.807, 2.05) is 0 Å². The van der Waals surface area contributed by atoms with Crippen LogP contribution in [0, 0.1) is 0 Å². The van der Waals surface area contributed by atoms with Crippen LogP contribution in [0.2, 0.25) is 5.02 Å². The van der Waals surface area contributed by atoms with Gasteiger partial charge in [0.25, 0.3) is 0 Å². The lowest BCUT2D eigenvalue weighted by atomic mass is 10.0. The Morgan fingerprint density at radius 1 is 1.11 bits per heavy atom. The minimum Gasteiger partial charge on any atom is -0.408 e. The van der Waals surface area contributed by atoms with Gasteiger partial charge in [-0.15, -0.1) is 0 Å². The molecule has 0 fully saturated rings. The molecule has 0 bridgehead atoms. The minimum absolute atomic E-state index is 0.173. The van der Waals surface area contributed by atoms with Gasteiger partial charge in [-0.2, -0.15) is 0 Å². The Kier molecular flexibility index (Phi) is 2.72. The van der Waals surface area contributed by atoms with E-state index in [0.29, 0.717) is 27.2 Å². The highest BCUT2D eigenvalue weighted by atomic mass is 35.5. The van der Waals surface area contributed by atoms with Gasteiger partial charge in [0, 0.05) is 16.1 Å². The largest absolute Gasteiger partial charge is 0.417 e. The first kappa shape index (κ1) is 11.7. The van der Waals surface area contributed by atoms with E-state index in [1.54, 1.807) is 36.4 Å². The fraction of sp³-hybridized carbons (Fsp3) is 0. The molecule has 0 aliphatic rings. The summed E-state index contributed by atoms with van der Waals surface area (Å²) in [6.07, 6.45) is 0. The maximum absolute atomic E-state index is 12.3. The van der Waals surface area contributed by atoms with E-state index >= 15 is 0 Å². The van der Waals surface area contributed by atoms with E-state index in [1.165, 1.54) is 6.07 Å². The average Bonchev–Trinajstić information content (AvgIpc) is 2.76. The molecule has 5 heteroatoms. The topological polar surface area (TPSA) is 63.1 Å². The molecule has 0 saturated carbocycles. The smallest absolute Gasteiger partial charge is 0.408 e. The first-order valence-corrected chi connectivity index (χ1v) is 5.94. The molecule has 3 rings (SSSR count). The summed E-state index contributed by atoms with van der Waals surface area (Å²) < 4.78 is 4.93. The van der Waals surface area contributed by atoms with Crippen LogP contribution in [0.3, 0.4) is 0 Å². The van der Waals surface area contributed by atoms with Crippen LogP contribution in [-0.2, 0) is 0 Å². The predicted octanol–water partition coefficient (Wildman–Crippen LogP) is 3.01. The summed E-state index contributed by atoms with van der Waals surface area (Å²) in [4.78, 5) is 25.8. The van der Waals surface area contributed by atoms with Crippen LogP contribution in [0.1, 0.15) is 15.9 Å². The monoisotopic (exact) mass is 273 g/mol. The summed E-state index contributed by atoms with van der Waals surface area (Å²) in [6.45, 7) is 0. The Bertz CT molecular complexity index is 832. The molecule has 2 aromatic carbocycles. The number of nitrogens with one attached hydrogen (secondary N) is 1. The van der Waals surface area contributed by atoms with Crippen LogP contribution in [0.5, 0.6) is 0 Å². The lowest BCUT2D eigenvalue weighted by molar-refractivity contribution is 0.103. The number of carbonyl (C=O) groups is 1. The molecule has 0 aliphatic heterocycles. The molecule has 1 N–H and O–H groups in total. The number of halogens is 1. The van der Waals surface area contributed by atoms with Crippen molar-refractivity contribution >= 4 is 28.5 Å². The summed E-state index contributed by atoms with van der Waals surface area (Å²) in [7, 11) is 0. The maximum atomic E-state index is 12.3. The molecule has 1 aromatic heterocycles. The first-order chi connectivity index (χ1) is 9.13. The molecule has 0 saturated heterocycles. The zero-order chi connectivity index (χ0) is 13.4. The van der Waals surface area contributed by atoms with Gasteiger partial charge < -0.3 is 4.42 Å².